The third-order valence-corrected chi connectivity index (χ3v) is 4.64. The van der Waals surface area contributed by atoms with Crippen molar-refractivity contribution in [2.24, 2.45) is 0 Å². The van der Waals surface area contributed by atoms with Gasteiger partial charge >= 0.3 is 0 Å². The van der Waals surface area contributed by atoms with Gasteiger partial charge in [0.2, 0.25) is 5.95 Å². The van der Waals surface area contributed by atoms with E-state index in [1.54, 1.807) is 10.9 Å². The molecule has 9 nitrogen and oxygen atoms in total. The van der Waals surface area contributed by atoms with Crippen LogP contribution in [0.15, 0.2) is 6.33 Å². The third kappa shape index (κ3) is 4.40. The van der Waals surface area contributed by atoms with E-state index in [0.717, 1.165) is 12.8 Å². The minimum Gasteiger partial charge on any atom is -0.368 e. The number of nitrogens with two attached hydrogens (primary N) is 1. The molecule has 0 saturated heterocycles. The lowest BCUT2D eigenvalue weighted by Crippen LogP contribution is -2.09. The Kier molecular flexibility index (Phi) is 4.52. The van der Waals surface area contributed by atoms with Crippen molar-refractivity contribution in [2.75, 3.05) is 30.5 Å². The number of nitrogen functional groups attached to an aromatic ring is 1. The van der Waals surface area contributed by atoms with Crippen LogP contribution < -0.4 is 11.1 Å². The topological polar surface area (TPSA) is 128 Å². The second-order valence-electron chi connectivity index (χ2n) is 5.90. The van der Waals surface area contributed by atoms with Crippen LogP contribution in [0.5, 0.6) is 0 Å². The second kappa shape index (κ2) is 6.43. The number of anilines is 2. The van der Waals surface area contributed by atoms with E-state index in [0.29, 0.717) is 36.1 Å². The van der Waals surface area contributed by atoms with Crippen LogP contribution in [0, 0.1) is 0 Å². The summed E-state index contributed by atoms with van der Waals surface area (Å²) in [7, 11) is -2.97. The summed E-state index contributed by atoms with van der Waals surface area (Å²) in [6, 6.07) is 0.442. The van der Waals surface area contributed by atoms with Gasteiger partial charge in [-0.1, -0.05) is 0 Å². The SMILES string of the molecule is CP(=O)(O)CCCOCn1cnc2c(NC3CC3)nc(N)nc21. The Hall–Kier alpha value is -1.70. The maximum absolute atomic E-state index is 11.2. The summed E-state index contributed by atoms with van der Waals surface area (Å²) in [6.45, 7) is 2.01. The zero-order chi connectivity index (χ0) is 16.4. The summed E-state index contributed by atoms with van der Waals surface area (Å²) >= 11 is 0. The molecule has 2 aromatic heterocycles. The van der Waals surface area contributed by atoms with Crippen molar-refractivity contribution < 1.29 is 14.2 Å². The predicted molar refractivity (Wildman–Crippen MR) is 87.6 cm³/mol. The molecule has 0 radical (unpaired) electrons. The van der Waals surface area contributed by atoms with Crippen LogP contribution in [0.4, 0.5) is 11.8 Å². The maximum atomic E-state index is 11.2. The molecule has 1 fully saturated rings. The lowest BCUT2D eigenvalue weighted by atomic mass is 10.4. The zero-order valence-electron chi connectivity index (χ0n) is 13.0. The van der Waals surface area contributed by atoms with Gasteiger partial charge in [-0.15, -0.1) is 0 Å². The van der Waals surface area contributed by atoms with E-state index in [-0.39, 0.29) is 18.8 Å². The van der Waals surface area contributed by atoms with Crippen molar-refractivity contribution in [3.8, 4) is 0 Å². The molecule has 1 saturated carbocycles. The van der Waals surface area contributed by atoms with E-state index in [1.807, 2.05) is 0 Å². The van der Waals surface area contributed by atoms with Crippen LogP contribution in [0.3, 0.4) is 0 Å². The van der Waals surface area contributed by atoms with E-state index in [9.17, 15) is 9.46 Å². The van der Waals surface area contributed by atoms with Crippen LogP contribution in [0.25, 0.3) is 11.2 Å². The van der Waals surface area contributed by atoms with Crippen LogP contribution in [0.1, 0.15) is 19.3 Å². The molecule has 1 aliphatic carbocycles. The van der Waals surface area contributed by atoms with Crippen molar-refractivity contribution in [3.05, 3.63) is 6.33 Å². The molecule has 0 amide bonds. The molecular weight excluding hydrogens is 319 g/mol. The Labute approximate surface area is 133 Å². The molecule has 0 aliphatic heterocycles. The van der Waals surface area contributed by atoms with Crippen molar-refractivity contribution in [2.45, 2.75) is 32.0 Å². The first-order chi connectivity index (χ1) is 10.9. The number of rotatable bonds is 8. The van der Waals surface area contributed by atoms with Gasteiger partial charge in [-0.3, -0.25) is 9.13 Å². The highest BCUT2D eigenvalue weighted by Gasteiger charge is 2.23. The number of imidazole rings is 1. The van der Waals surface area contributed by atoms with Gasteiger partial charge in [0.15, 0.2) is 24.4 Å². The number of hydrogen-bond acceptors (Lipinski definition) is 7. The third-order valence-electron chi connectivity index (χ3n) is 3.49. The summed E-state index contributed by atoms with van der Waals surface area (Å²) in [5, 5.41) is 3.30. The van der Waals surface area contributed by atoms with Gasteiger partial charge in [-0.05, 0) is 19.3 Å². The highest BCUT2D eigenvalue weighted by atomic mass is 31.2. The highest BCUT2D eigenvalue weighted by Crippen LogP contribution is 2.35. The Morgan fingerprint density at radius 2 is 2.30 bits per heavy atom. The fourth-order valence-corrected chi connectivity index (χ4v) is 2.92. The first-order valence-corrected chi connectivity index (χ1v) is 9.83. The van der Waals surface area contributed by atoms with Crippen molar-refractivity contribution in [1.29, 1.82) is 0 Å². The number of aromatic nitrogens is 4. The molecule has 1 atom stereocenters. The van der Waals surface area contributed by atoms with E-state index < -0.39 is 7.37 Å². The van der Waals surface area contributed by atoms with Crippen molar-refractivity contribution in [3.63, 3.8) is 0 Å². The van der Waals surface area contributed by atoms with Crippen molar-refractivity contribution in [1.82, 2.24) is 19.5 Å². The summed E-state index contributed by atoms with van der Waals surface area (Å²) in [6.07, 6.45) is 4.67. The lowest BCUT2D eigenvalue weighted by molar-refractivity contribution is 0.0798. The Morgan fingerprint density at radius 1 is 1.52 bits per heavy atom. The van der Waals surface area contributed by atoms with Gasteiger partial charge in [0.1, 0.15) is 6.73 Å². The Balaban J connectivity index is 1.64. The number of nitrogens with zero attached hydrogens (tertiary/aromatic N) is 4. The Morgan fingerprint density at radius 3 is 3.00 bits per heavy atom. The number of hydrogen-bond donors (Lipinski definition) is 3. The first-order valence-electron chi connectivity index (χ1n) is 7.54. The van der Waals surface area contributed by atoms with Gasteiger partial charge in [0.25, 0.3) is 0 Å². The molecule has 10 heteroatoms. The Bertz CT molecular complexity index is 739. The summed E-state index contributed by atoms with van der Waals surface area (Å²) in [4.78, 5) is 22.0. The largest absolute Gasteiger partial charge is 0.368 e. The molecule has 2 heterocycles. The monoisotopic (exact) mass is 340 g/mol. The molecule has 1 unspecified atom stereocenters. The van der Waals surface area contributed by atoms with Gasteiger partial charge in [-0.2, -0.15) is 9.97 Å². The zero-order valence-corrected chi connectivity index (χ0v) is 13.9. The molecule has 0 bridgehead atoms. The molecule has 1 aliphatic rings. The smallest absolute Gasteiger partial charge is 0.224 e. The predicted octanol–water partition coefficient (Wildman–Crippen LogP) is 1.25. The van der Waals surface area contributed by atoms with Crippen LogP contribution in [-0.4, -0.2) is 49.9 Å². The standard InChI is InChI=1S/C13H21N6O3P/c1-23(20,21)6-2-5-22-8-19-7-15-10-11(16-9-3-4-9)17-13(14)18-12(10)19/h7,9H,2-6,8H2,1H3,(H,20,21)(H3,14,16,17,18). The molecule has 126 valence electrons. The normalized spacial score (nSPS) is 17.3. The highest BCUT2D eigenvalue weighted by molar-refractivity contribution is 7.57. The van der Waals surface area contributed by atoms with Crippen LogP contribution >= 0.6 is 7.37 Å². The summed E-state index contributed by atoms with van der Waals surface area (Å²) in [5.74, 6) is 0.843. The van der Waals surface area contributed by atoms with E-state index in [2.05, 4.69) is 20.3 Å². The van der Waals surface area contributed by atoms with Crippen LogP contribution in [0.2, 0.25) is 0 Å². The summed E-state index contributed by atoms with van der Waals surface area (Å²) in [5.41, 5.74) is 7.05. The van der Waals surface area contributed by atoms with E-state index >= 15 is 0 Å². The minimum atomic E-state index is -2.97. The number of nitrogens with one attached hydrogen (secondary N) is 1. The molecule has 0 aromatic carbocycles. The number of ether oxygens (including phenoxy) is 1. The quantitative estimate of drug-likeness (QED) is 0.484. The van der Waals surface area contributed by atoms with Gasteiger partial charge < -0.3 is 20.7 Å². The van der Waals surface area contributed by atoms with Gasteiger partial charge in [0.05, 0.1) is 6.33 Å². The van der Waals surface area contributed by atoms with Gasteiger partial charge in [0, 0.05) is 25.5 Å². The number of fused-ring (bicyclic) bond motifs is 1. The lowest BCUT2D eigenvalue weighted by Gasteiger charge is -2.08. The first kappa shape index (κ1) is 16.2. The maximum Gasteiger partial charge on any atom is 0.224 e. The average Bonchev–Trinajstić information content (AvgIpc) is 3.17. The van der Waals surface area contributed by atoms with E-state index in [1.165, 1.54) is 6.66 Å². The van der Waals surface area contributed by atoms with Crippen LogP contribution in [-0.2, 0) is 16.0 Å². The molecule has 4 N–H and O–H groups in total. The molecule has 3 rings (SSSR count). The van der Waals surface area contributed by atoms with E-state index in [4.69, 9.17) is 10.5 Å². The van der Waals surface area contributed by atoms with Gasteiger partial charge in [-0.25, -0.2) is 4.98 Å². The van der Waals surface area contributed by atoms with Crippen molar-refractivity contribution >= 4 is 30.3 Å². The minimum absolute atomic E-state index is 0.189. The molecular formula is C13H21N6O3P. The average molecular weight is 340 g/mol. The molecule has 0 spiro atoms. The molecule has 2 aromatic rings. The molecule has 23 heavy (non-hydrogen) atoms. The second-order valence-corrected chi connectivity index (χ2v) is 8.45. The fraction of sp³-hybridized carbons (Fsp3) is 0.615. The fourth-order valence-electron chi connectivity index (χ4n) is 2.20. The summed E-state index contributed by atoms with van der Waals surface area (Å²) < 4.78 is 18.5.